The highest BCUT2D eigenvalue weighted by atomic mass is 79.9. The van der Waals surface area contributed by atoms with Gasteiger partial charge in [-0.3, -0.25) is 0 Å². The van der Waals surface area contributed by atoms with E-state index >= 15 is 0 Å². The highest BCUT2D eigenvalue weighted by Crippen LogP contribution is 2.19. The minimum atomic E-state index is -0.905. The quantitative estimate of drug-likeness (QED) is 0.566. The zero-order valence-electron chi connectivity index (χ0n) is 8.31. The van der Waals surface area contributed by atoms with E-state index in [1.54, 1.807) is 0 Å². The highest BCUT2D eigenvalue weighted by molar-refractivity contribution is 9.09. The van der Waals surface area contributed by atoms with Gasteiger partial charge in [0.05, 0.1) is 6.61 Å². The van der Waals surface area contributed by atoms with Gasteiger partial charge in [-0.2, -0.15) is 4.39 Å². The second kappa shape index (κ2) is 6.77. The van der Waals surface area contributed by atoms with Crippen LogP contribution < -0.4 is 4.74 Å². The third kappa shape index (κ3) is 4.16. The number of hydrogen-bond acceptors (Lipinski definition) is 1. The smallest absolute Gasteiger partial charge is 0.200 e. The number of rotatable bonds is 6. The number of hydrogen-bond donors (Lipinski definition) is 0. The Hall–Kier alpha value is -0.640. The zero-order valence-corrected chi connectivity index (χ0v) is 9.90. The molecule has 0 aliphatic rings. The third-order valence-corrected chi connectivity index (χ3v) is 2.51. The summed E-state index contributed by atoms with van der Waals surface area (Å²) in [4.78, 5) is 0. The van der Waals surface area contributed by atoms with Gasteiger partial charge < -0.3 is 4.74 Å². The second-order valence-corrected chi connectivity index (χ2v) is 3.94. The molecule has 0 N–H and O–H groups in total. The van der Waals surface area contributed by atoms with Crippen LogP contribution >= 0.6 is 15.9 Å². The number of halogens is 3. The maximum absolute atomic E-state index is 13.1. The van der Waals surface area contributed by atoms with Crippen molar-refractivity contribution in [1.29, 1.82) is 0 Å². The van der Waals surface area contributed by atoms with E-state index in [2.05, 4.69) is 15.9 Å². The monoisotopic (exact) mass is 278 g/mol. The van der Waals surface area contributed by atoms with Crippen molar-refractivity contribution in [2.24, 2.45) is 0 Å². The molecule has 1 aromatic rings. The molecule has 1 rings (SSSR count). The first-order valence-electron chi connectivity index (χ1n) is 4.88. The van der Waals surface area contributed by atoms with Crippen LogP contribution in [0.5, 0.6) is 5.75 Å². The van der Waals surface area contributed by atoms with Crippen molar-refractivity contribution in [3.63, 3.8) is 0 Å². The van der Waals surface area contributed by atoms with Gasteiger partial charge in [0.25, 0.3) is 0 Å². The molecule has 15 heavy (non-hydrogen) atoms. The molecule has 1 aromatic carbocycles. The molecule has 0 bridgehead atoms. The van der Waals surface area contributed by atoms with Crippen LogP contribution in [-0.4, -0.2) is 11.9 Å². The Labute approximate surface area is 96.6 Å². The maximum atomic E-state index is 13.1. The van der Waals surface area contributed by atoms with E-state index in [1.807, 2.05) is 0 Å². The van der Waals surface area contributed by atoms with Crippen molar-refractivity contribution >= 4 is 15.9 Å². The van der Waals surface area contributed by atoms with Crippen LogP contribution in [0.4, 0.5) is 8.78 Å². The fourth-order valence-corrected chi connectivity index (χ4v) is 1.55. The number of benzene rings is 1. The molecule has 0 saturated heterocycles. The van der Waals surface area contributed by atoms with Gasteiger partial charge in [-0.05, 0) is 31.4 Å². The Morgan fingerprint density at radius 3 is 2.67 bits per heavy atom. The molecule has 0 saturated carbocycles. The van der Waals surface area contributed by atoms with Gasteiger partial charge in [0.2, 0.25) is 5.82 Å². The average molecular weight is 279 g/mol. The molecule has 0 radical (unpaired) electrons. The number of ether oxygens (including phenoxy) is 1. The van der Waals surface area contributed by atoms with Crippen molar-refractivity contribution in [3.8, 4) is 5.75 Å². The van der Waals surface area contributed by atoms with Gasteiger partial charge in [0.15, 0.2) is 11.6 Å². The molecule has 0 aliphatic carbocycles. The molecule has 0 unspecified atom stereocenters. The largest absolute Gasteiger partial charge is 0.490 e. The average Bonchev–Trinajstić information content (AvgIpc) is 2.24. The van der Waals surface area contributed by atoms with Crippen LogP contribution in [0.3, 0.4) is 0 Å². The van der Waals surface area contributed by atoms with Crippen LogP contribution in [0.1, 0.15) is 19.3 Å². The Morgan fingerprint density at radius 2 is 1.93 bits per heavy atom. The lowest BCUT2D eigenvalue weighted by atomic mass is 10.2. The van der Waals surface area contributed by atoms with Gasteiger partial charge >= 0.3 is 0 Å². The lowest BCUT2D eigenvalue weighted by molar-refractivity contribution is 0.286. The van der Waals surface area contributed by atoms with Crippen LogP contribution in [0, 0.1) is 11.6 Å². The molecule has 0 amide bonds. The predicted molar refractivity (Wildman–Crippen MR) is 59.5 cm³/mol. The summed E-state index contributed by atoms with van der Waals surface area (Å²) in [6, 6.07) is 3.95. The van der Waals surface area contributed by atoms with Crippen molar-refractivity contribution in [1.82, 2.24) is 0 Å². The first-order chi connectivity index (χ1) is 7.25. The standard InChI is InChI=1S/C11H13BrF2O/c12-7-2-1-3-8-15-10-6-4-5-9(13)11(10)14/h4-6H,1-3,7-8H2. The van der Waals surface area contributed by atoms with E-state index in [0.29, 0.717) is 6.61 Å². The predicted octanol–water partition coefficient (Wildman–Crippen LogP) is 3.91. The highest BCUT2D eigenvalue weighted by Gasteiger charge is 2.07. The Bertz CT molecular complexity index is 305. The van der Waals surface area contributed by atoms with Gasteiger partial charge in [-0.1, -0.05) is 22.0 Å². The van der Waals surface area contributed by atoms with Crippen molar-refractivity contribution < 1.29 is 13.5 Å². The summed E-state index contributed by atoms with van der Waals surface area (Å²) in [5, 5.41) is 0.960. The lowest BCUT2D eigenvalue weighted by Crippen LogP contribution is -2.00. The molecule has 4 heteroatoms. The molecular formula is C11H13BrF2O. The van der Waals surface area contributed by atoms with E-state index in [9.17, 15) is 8.78 Å². The van der Waals surface area contributed by atoms with Gasteiger partial charge in [0.1, 0.15) is 0 Å². The Morgan fingerprint density at radius 1 is 1.13 bits per heavy atom. The van der Waals surface area contributed by atoms with Crippen LogP contribution in [0.15, 0.2) is 18.2 Å². The summed E-state index contributed by atoms with van der Waals surface area (Å²) in [5.41, 5.74) is 0. The topological polar surface area (TPSA) is 9.23 Å². The summed E-state index contributed by atoms with van der Waals surface area (Å²) in [6.45, 7) is 0.424. The van der Waals surface area contributed by atoms with Crippen LogP contribution in [0.2, 0.25) is 0 Å². The molecule has 0 aromatic heterocycles. The second-order valence-electron chi connectivity index (χ2n) is 3.15. The summed E-state index contributed by atoms with van der Waals surface area (Å²) >= 11 is 3.32. The molecular weight excluding hydrogens is 266 g/mol. The Kier molecular flexibility index (Phi) is 5.61. The Balaban J connectivity index is 2.34. The van der Waals surface area contributed by atoms with E-state index < -0.39 is 11.6 Å². The summed E-state index contributed by atoms with van der Waals surface area (Å²) in [7, 11) is 0. The fourth-order valence-electron chi connectivity index (χ4n) is 1.15. The first-order valence-corrected chi connectivity index (χ1v) is 6.00. The SMILES string of the molecule is Fc1cccc(OCCCCCBr)c1F. The zero-order chi connectivity index (χ0) is 11.1. The first kappa shape index (κ1) is 12.4. The number of unbranched alkanes of at least 4 members (excludes halogenated alkanes) is 2. The minimum Gasteiger partial charge on any atom is -0.490 e. The molecule has 0 aliphatic heterocycles. The number of alkyl halides is 1. The molecule has 1 nitrogen and oxygen atoms in total. The minimum absolute atomic E-state index is 0.00570. The van der Waals surface area contributed by atoms with Gasteiger partial charge in [0, 0.05) is 5.33 Å². The van der Waals surface area contributed by atoms with Crippen molar-refractivity contribution in [3.05, 3.63) is 29.8 Å². The van der Waals surface area contributed by atoms with Gasteiger partial charge in [-0.15, -0.1) is 0 Å². The van der Waals surface area contributed by atoms with Crippen LogP contribution in [-0.2, 0) is 0 Å². The molecule has 0 spiro atoms. The molecule has 84 valence electrons. The lowest BCUT2D eigenvalue weighted by Gasteiger charge is -2.06. The maximum Gasteiger partial charge on any atom is 0.200 e. The van der Waals surface area contributed by atoms with Crippen molar-refractivity contribution in [2.45, 2.75) is 19.3 Å². The van der Waals surface area contributed by atoms with E-state index in [0.717, 1.165) is 30.7 Å². The fraction of sp³-hybridized carbons (Fsp3) is 0.455. The third-order valence-electron chi connectivity index (χ3n) is 1.95. The van der Waals surface area contributed by atoms with Gasteiger partial charge in [-0.25, -0.2) is 4.39 Å². The molecule has 0 heterocycles. The van der Waals surface area contributed by atoms with Crippen LogP contribution in [0.25, 0.3) is 0 Å². The normalized spacial score (nSPS) is 10.3. The molecule has 0 atom stereocenters. The summed E-state index contributed by atoms with van der Waals surface area (Å²) in [6.07, 6.45) is 2.93. The molecule has 0 fully saturated rings. The van der Waals surface area contributed by atoms with E-state index in [1.165, 1.54) is 12.1 Å². The van der Waals surface area contributed by atoms with E-state index in [4.69, 9.17) is 4.74 Å². The van der Waals surface area contributed by atoms with Crippen molar-refractivity contribution in [2.75, 3.05) is 11.9 Å². The summed E-state index contributed by atoms with van der Waals surface area (Å²) in [5.74, 6) is -1.78. The van der Waals surface area contributed by atoms with E-state index in [-0.39, 0.29) is 5.75 Å². The summed E-state index contributed by atoms with van der Waals surface area (Å²) < 4.78 is 31.0.